The Morgan fingerprint density at radius 1 is 1.24 bits per heavy atom. The molecule has 0 aliphatic rings. The number of nitrogens with zero attached hydrogens (tertiary/aromatic N) is 2. The van der Waals surface area contributed by atoms with Crippen molar-refractivity contribution in [2.24, 2.45) is 0 Å². The Labute approximate surface area is 123 Å². The molecular weight excluding hydrogens is 270 g/mol. The van der Waals surface area contributed by atoms with Crippen LogP contribution in [0.15, 0.2) is 30.6 Å². The molecule has 2 aromatic rings. The molecule has 0 saturated carbocycles. The fourth-order valence-corrected chi connectivity index (χ4v) is 1.89. The smallest absolute Gasteiger partial charge is 0.251 e. The van der Waals surface area contributed by atoms with Gasteiger partial charge >= 0.3 is 0 Å². The van der Waals surface area contributed by atoms with Gasteiger partial charge in [-0.15, -0.1) is 0 Å². The van der Waals surface area contributed by atoms with E-state index in [0.29, 0.717) is 23.6 Å². The summed E-state index contributed by atoms with van der Waals surface area (Å²) in [6.07, 6.45) is 3.66. The van der Waals surface area contributed by atoms with E-state index in [1.165, 1.54) is 0 Å². The topological polar surface area (TPSA) is 65.4 Å². The van der Waals surface area contributed by atoms with Gasteiger partial charge in [-0.1, -0.05) is 0 Å². The third-order valence-corrected chi connectivity index (χ3v) is 3.08. The van der Waals surface area contributed by atoms with Crippen molar-refractivity contribution >= 4 is 5.91 Å². The number of aryl methyl sites for hydroxylation is 1. The van der Waals surface area contributed by atoms with Crippen molar-refractivity contribution < 1.29 is 14.3 Å². The normalized spacial score (nSPS) is 10.2. The second-order valence-corrected chi connectivity index (χ2v) is 4.49. The summed E-state index contributed by atoms with van der Waals surface area (Å²) in [5.74, 6) is 0.980. The van der Waals surface area contributed by atoms with Crippen LogP contribution in [0.5, 0.6) is 11.5 Å². The summed E-state index contributed by atoms with van der Waals surface area (Å²) in [6.45, 7) is 3.25. The van der Waals surface area contributed by atoms with Gasteiger partial charge in [0, 0.05) is 36.5 Å². The second kappa shape index (κ2) is 6.78. The standard InChI is InChI=1S/C15H19N3O3/c1-4-18-10-11(9-17-18)8-16-15(19)12-5-13(20-2)7-14(6-12)21-3/h5-7,9-10H,4,8H2,1-3H3,(H,16,19). The fourth-order valence-electron chi connectivity index (χ4n) is 1.89. The number of hydrogen-bond acceptors (Lipinski definition) is 4. The molecule has 0 bridgehead atoms. The van der Waals surface area contributed by atoms with Gasteiger partial charge in [0.25, 0.3) is 5.91 Å². The number of ether oxygens (including phenoxy) is 2. The lowest BCUT2D eigenvalue weighted by atomic mass is 10.2. The second-order valence-electron chi connectivity index (χ2n) is 4.49. The van der Waals surface area contributed by atoms with Gasteiger partial charge in [0.1, 0.15) is 11.5 Å². The third kappa shape index (κ3) is 3.75. The van der Waals surface area contributed by atoms with E-state index in [1.54, 1.807) is 38.6 Å². The molecular formula is C15H19N3O3. The molecule has 112 valence electrons. The lowest BCUT2D eigenvalue weighted by molar-refractivity contribution is 0.0950. The number of nitrogens with one attached hydrogen (secondary N) is 1. The predicted octanol–water partition coefficient (Wildman–Crippen LogP) is 1.85. The highest BCUT2D eigenvalue weighted by Crippen LogP contribution is 2.22. The van der Waals surface area contributed by atoms with E-state index in [1.807, 2.05) is 17.8 Å². The summed E-state index contributed by atoms with van der Waals surface area (Å²) < 4.78 is 12.1. The van der Waals surface area contributed by atoms with Gasteiger partial charge in [-0.25, -0.2) is 0 Å². The molecule has 1 aromatic heterocycles. The monoisotopic (exact) mass is 289 g/mol. The highest BCUT2D eigenvalue weighted by molar-refractivity contribution is 5.95. The predicted molar refractivity (Wildman–Crippen MR) is 78.6 cm³/mol. The summed E-state index contributed by atoms with van der Waals surface area (Å²) >= 11 is 0. The quantitative estimate of drug-likeness (QED) is 0.881. The molecule has 0 saturated heterocycles. The zero-order chi connectivity index (χ0) is 15.2. The number of aromatic nitrogens is 2. The SMILES string of the molecule is CCn1cc(CNC(=O)c2cc(OC)cc(OC)c2)cn1. The number of amides is 1. The van der Waals surface area contributed by atoms with Crippen LogP contribution in [0, 0.1) is 0 Å². The van der Waals surface area contributed by atoms with E-state index < -0.39 is 0 Å². The molecule has 1 N–H and O–H groups in total. The molecule has 0 aliphatic carbocycles. The minimum Gasteiger partial charge on any atom is -0.497 e. The average Bonchev–Trinajstić information content (AvgIpc) is 3.00. The first-order valence-corrected chi connectivity index (χ1v) is 6.69. The lowest BCUT2D eigenvalue weighted by Crippen LogP contribution is -2.22. The summed E-state index contributed by atoms with van der Waals surface area (Å²) in [7, 11) is 3.10. The molecule has 0 fully saturated rings. The third-order valence-electron chi connectivity index (χ3n) is 3.08. The molecule has 21 heavy (non-hydrogen) atoms. The Hall–Kier alpha value is -2.50. The molecule has 1 aromatic carbocycles. The zero-order valence-corrected chi connectivity index (χ0v) is 12.4. The van der Waals surface area contributed by atoms with Crippen molar-refractivity contribution in [1.82, 2.24) is 15.1 Å². The first-order chi connectivity index (χ1) is 10.2. The molecule has 2 rings (SSSR count). The molecule has 1 amide bonds. The van der Waals surface area contributed by atoms with E-state index in [0.717, 1.165) is 12.1 Å². The van der Waals surface area contributed by atoms with Crippen LogP contribution in [0.1, 0.15) is 22.8 Å². The number of rotatable bonds is 6. The van der Waals surface area contributed by atoms with Crippen molar-refractivity contribution in [3.8, 4) is 11.5 Å². The first kappa shape index (κ1) is 14.9. The number of benzene rings is 1. The van der Waals surface area contributed by atoms with E-state index in [9.17, 15) is 4.79 Å². The van der Waals surface area contributed by atoms with Gasteiger partial charge in [-0.2, -0.15) is 5.10 Å². The Morgan fingerprint density at radius 2 is 1.90 bits per heavy atom. The van der Waals surface area contributed by atoms with Gasteiger partial charge in [-0.3, -0.25) is 9.48 Å². The fraction of sp³-hybridized carbons (Fsp3) is 0.333. The minimum absolute atomic E-state index is 0.184. The summed E-state index contributed by atoms with van der Waals surface area (Å²) in [4.78, 5) is 12.2. The maximum atomic E-state index is 12.2. The Kier molecular flexibility index (Phi) is 4.81. The molecule has 0 radical (unpaired) electrons. The van der Waals surface area contributed by atoms with Crippen LogP contribution < -0.4 is 14.8 Å². The largest absolute Gasteiger partial charge is 0.497 e. The summed E-state index contributed by atoms with van der Waals surface area (Å²) in [6, 6.07) is 5.07. The van der Waals surface area contributed by atoms with E-state index >= 15 is 0 Å². The van der Waals surface area contributed by atoms with Crippen molar-refractivity contribution in [2.75, 3.05) is 14.2 Å². The summed E-state index contributed by atoms with van der Waals surface area (Å²) in [5.41, 5.74) is 1.45. The van der Waals surface area contributed by atoms with Crippen LogP contribution in [0.3, 0.4) is 0 Å². The van der Waals surface area contributed by atoms with E-state index in [-0.39, 0.29) is 5.91 Å². The number of methoxy groups -OCH3 is 2. The molecule has 6 nitrogen and oxygen atoms in total. The van der Waals surface area contributed by atoms with E-state index in [2.05, 4.69) is 10.4 Å². The average molecular weight is 289 g/mol. The number of carbonyl (C=O) groups is 1. The lowest BCUT2D eigenvalue weighted by Gasteiger charge is -2.08. The minimum atomic E-state index is -0.184. The highest BCUT2D eigenvalue weighted by Gasteiger charge is 2.10. The van der Waals surface area contributed by atoms with Gasteiger partial charge < -0.3 is 14.8 Å². The van der Waals surface area contributed by atoms with Crippen LogP contribution >= 0.6 is 0 Å². The molecule has 0 aliphatic heterocycles. The Balaban J connectivity index is 2.05. The molecule has 0 unspecified atom stereocenters. The Bertz CT molecular complexity index is 600. The van der Waals surface area contributed by atoms with Crippen LogP contribution in [0.4, 0.5) is 0 Å². The van der Waals surface area contributed by atoms with Gasteiger partial charge in [-0.05, 0) is 19.1 Å². The molecule has 0 spiro atoms. The zero-order valence-electron chi connectivity index (χ0n) is 12.4. The summed E-state index contributed by atoms with van der Waals surface area (Å²) in [5, 5.41) is 7.02. The van der Waals surface area contributed by atoms with Crippen molar-refractivity contribution in [1.29, 1.82) is 0 Å². The van der Waals surface area contributed by atoms with Crippen LogP contribution in [0.2, 0.25) is 0 Å². The Morgan fingerprint density at radius 3 is 2.43 bits per heavy atom. The number of carbonyl (C=O) groups excluding carboxylic acids is 1. The number of hydrogen-bond donors (Lipinski definition) is 1. The van der Waals surface area contributed by atoms with Crippen LogP contribution in [0.25, 0.3) is 0 Å². The van der Waals surface area contributed by atoms with Gasteiger partial charge in [0.05, 0.1) is 20.4 Å². The molecule has 0 atom stereocenters. The van der Waals surface area contributed by atoms with Crippen molar-refractivity contribution in [3.63, 3.8) is 0 Å². The first-order valence-electron chi connectivity index (χ1n) is 6.69. The van der Waals surface area contributed by atoms with Gasteiger partial charge in [0.15, 0.2) is 0 Å². The van der Waals surface area contributed by atoms with E-state index in [4.69, 9.17) is 9.47 Å². The maximum Gasteiger partial charge on any atom is 0.251 e. The molecule has 6 heteroatoms. The molecule has 1 heterocycles. The van der Waals surface area contributed by atoms with Crippen LogP contribution in [-0.4, -0.2) is 29.9 Å². The van der Waals surface area contributed by atoms with Crippen molar-refractivity contribution in [2.45, 2.75) is 20.0 Å². The highest BCUT2D eigenvalue weighted by atomic mass is 16.5. The maximum absolute atomic E-state index is 12.2. The van der Waals surface area contributed by atoms with Crippen molar-refractivity contribution in [3.05, 3.63) is 41.7 Å². The van der Waals surface area contributed by atoms with Gasteiger partial charge in [0.2, 0.25) is 0 Å². The van der Waals surface area contributed by atoms with Crippen LogP contribution in [-0.2, 0) is 13.1 Å².